The number of nitrogens with zero attached hydrogens (tertiary/aromatic N) is 1. The van der Waals surface area contributed by atoms with Crippen LogP contribution in [0.15, 0.2) is 48.5 Å². The molecule has 2 rings (SSSR count). The number of nitrogens with one attached hydrogen (secondary N) is 3. The smallest absolute Gasteiger partial charge is 0.339 e. The number of rotatable bonds is 6. The van der Waals surface area contributed by atoms with Gasteiger partial charge in [-0.15, -0.1) is 0 Å². The molecule has 3 N–H and O–H groups in total. The van der Waals surface area contributed by atoms with Crippen LogP contribution in [0.25, 0.3) is 0 Å². The molecule has 0 aliphatic rings. The summed E-state index contributed by atoms with van der Waals surface area (Å²) in [5.41, 5.74) is 0.230. The van der Waals surface area contributed by atoms with Gasteiger partial charge in [0.05, 0.1) is 23.3 Å². The average Bonchev–Trinajstić information content (AvgIpc) is 2.72. The number of halogens is 3. The van der Waals surface area contributed by atoms with E-state index in [0.29, 0.717) is 5.69 Å². The first kappa shape index (κ1) is 24.6. The number of carbonyl (C=O) groups is 2. The molecule has 0 aromatic heterocycles. The quantitative estimate of drug-likeness (QED) is 0.135. The van der Waals surface area contributed by atoms with Crippen molar-refractivity contribution in [1.82, 2.24) is 10.6 Å². The van der Waals surface area contributed by atoms with Crippen LogP contribution in [0.5, 0.6) is 0 Å². The highest BCUT2D eigenvalue weighted by Crippen LogP contribution is 2.29. The van der Waals surface area contributed by atoms with Crippen molar-refractivity contribution in [1.29, 1.82) is 0 Å². The lowest BCUT2D eigenvalue weighted by molar-refractivity contribution is -0.384. The zero-order valence-electron chi connectivity index (χ0n) is 15.7. The number of esters is 1. The third-order valence-electron chi connectivity index (χ3n) is 3.78. The highest BCUT2D eigenvalue weighted by Gasteiger charge is 2.35. The summed E-state index contributed by atoms with van der Waals surface area (Å²) in [4.78, 5) is 34.7. The van der Waals surface area contributed by atoms with Gasteiger partial charge in [-0.25, -0.2) is 4.79 Å². The topological polar surface area (TPSA) is 123 Å². The number of anilines is 1. The fourth-order valence-electron chi connectivity index (χ4n) is 2.34. The predicted molar refractivity (Wildman–Crippen MR) is 122 cm³/mol. The number of thiocarbonyl (C=S) groups is 1. The summed E-state index contributed by atoms with van der Waals surface area (Å²) in [5, 5.41) is 18.7. The van der Waals surface area contributed by atoms with E-state index < -0.39 is 26.8 Å². The van der Waals surface area contributed by atoms with Crippen LogP contribution in [0.3, 0.4) is 0 Å². The molecule has 2 aromatic carbocycles. The van der Waals surface area contributed by atoms with Gasteiger partial charge in [-0.3, -0.25) is 14.9 Å². The standard InChI is InChI=1S/C18H15Cl3N4O5S/c1-30-15(27)12-7-2-3-8-13(12)22-17(31)24-16(18(19,20)21)23-14(26)10-5-4-6-11(9-10)25(28)29/h2-9,16H,1H3,(H,23,26)(H2,22,24,31). The summed E-state index contributed by atoms with van der Waals surface area (Å²) in [6, 6.07) is 11.4. The van der Waals surface area contributed by atoms with Crippen LogP contribution in [0.1, 0.15) is 20.7 Å². The SMILES string of the molecule is COC(=O)c1ccccc1NC(=S)NC(NC(=O)c1cccc([N+](=O)[O-])c1)C(Cl)(Cl)Cl. The highest BCUT2D eigenvalue weighted by molar-refractivity contribution is 7.80. The maximum atomic E-state index is 12.5. The van der Waals surface area contributed by atoms with Gasteiger partial charge < -0.3 is 20.7 Å². The number of amides is 1. The molecule has 1 amide bonds. The Morgan fingerprint density at radius 1 is 1.13 bits per heavy atom. The third kappa shape index (κ3) is 6.93. The lowest BCUT2D eigenvalue weighted by atomic mass is 10.2. The first-order valence-electron chi connectivity index (χ1n) is 8.40. The molecule has 0 radical (unpaired) electrons. The van der Waals surface area contributed by atoms with Crippen molar-refractivity contribution in [3.05, 3.63) is 69.8 Å². The van der Waals surface area contributed by atoms with Crippen LogP contribution >= 0.6 is 47.0 Å². The normalized spacial score (nSPS) is 11.7. The van der Waals surface area contributed by atoms with Crippen molar-refractivity contribution in [3.63, 3.8) is 0 Å². The first-order chi connectivity index (χ1) is 14.5. The molecule has 0 saturated heterocycles. The fraction of sp³-hybridized carbons (Fsp3) is 0.167. The molecular weight excluding hydrogens is 491 g/mol. The molecule has 0 bridgehead atoms. The maximum Gasteiger partial charge on any atom is 0.339 e. The number of carbonyl (C=O) groups excluding carboxylic acids is 2. The Bertz CT molecular complexity index is 1020. The number of benzene rings is 2. The number of nitro benzene ring substituents is 1. The van der Waals surface area contributed by atoms with Crippen molar-refractivity contribution in [2.24, 2.45) is 0 Å². The van der Waals surface area contributed by atoms with E-state index in [1.807, 2.05) is 0 Å². The largest absolute Gasteiger partial charge is 0.465 e. The molecule has 0 aliphatic carbocycles. The number of hydrogen-bond donors (Lipinski definition) is 3. The molecule has 164 valence electrons. The lowest BCUT2D eigenvalue weighted by Crippen LogP contribution is -2.56. The summed E-state index contributed by atoms with van der Waals surface area (Å²) in [7, 11) is 1.23. The van der Waals surface area contributed by atoms with Crippen LogP contribution in [0.2, 0.25) is 0 Å². The zero-order valence-corrected chi connectivity index (χ0v) is 18.8. The van der Waals surface area contributed by atoms with E-state index in [9.17, 15) is 19.7 Å². The van der Waals surface area contributed by atoms with E-state index in [1.54, 1.807) is 18.2 Å². The molecule has 31 heavy (non-hydrogen) atoms. The monoisotopic (exact) mass is 504 g/mol. The van der Waals surface area contributed by atoms with Gasteiger partial charge in [-0.05, 0) is 30.4 Å². The Morgan fingerprint density at radius 2 is 1.81 bits per heavy atom. The van der Waals surface area contributed by atoms with Gasteiger partial charge in [0.1, 0.15) is 6.17 Å². The Kier molecular flexibility index (Phi) is 8.40. The van der Waals surface area contributed by atoms with Crippen LogP contribution < -0.4 is 16.0 Å². The van der Waals surface area contributed by atoms with Gasteiger partial charge in [0.25, 0.3) is 11.6 Å². The molecule has 0 saturated carbocycles. The van der Waals surface area contributed by atoms with E-state index >= 15 is 0 Å². The number of ether oxygens (including phenoxy) is 1. The molecule has 0 fully saturated rings. The number of nitro groups is 1. The lowest BCUT2D eigenvalue weighted by Gasteiger charge is -2.28. The highest BCUT2D eigenvalue weighted by atomic mass is 35.6. The first-order valence-corrected chi connectivity index (χ1v) is 9.94. The van der Waals surface area contributed by atoms with E-state index in [0.717, 1.165) is 6.07 Å². The number of non-ortho nitro benzene ring substituents is 1. The van der Waals surface area contributed by atoms with Gasteiger partial charge in [-0.2, -0.15) is 0 Å². The molecule has 0 aliphatic heterocycles. The summed E-state index contributed by atoms with van der Waals surface area (Å²) in [5.74, 6) is -1.34. The second kappa shape index (κ2) is 10.6. The van der Waals surface area contributed by atoms with Crippen molar-refractivity contribution in [3.8, 4) is 0 Å². The third-order valence-corrected chi connectivity index (χ3v) is 4.65. The van der Waals surface area contributed by atoms with Crippen molar-refractivity contribution in [2.75, 3.05) is 12.4 Å². The van der Waals surface area contributed by atoms with Gasteiger partial charge in [0.15, 0.2) is 5.11 Å². The summed E-state index contributed by atoms with van der Waals surface area (Å²) < 4.78 is 2.66. The Hall–Kier alpha value is -2.66. The summed E-state index contributed by atoms with van der Waals surface area (Å²) >= 11 is 23.0. The van der Waals surface area contributed by atoms with Gasteiger partial charge in [-0.1, -0.05) is 53.0 Å². The Labute approximate surface area is 197 Å². The van der Waals surface area contributed by atoms with Crippen molar-refractivity contribution in [2.45, 2.75) is 9.96 Å². The zero-order chi connectivity index (χ0) is 23.2. The molecule has 1 unspecified atom stereocenters. The minimum Gasteiger partial charge on any atom is -0.465 e. The average molecular weight is 506 g/mol. The number of methoxy groups -OCH3 is 1. The van der Waals surface area contributed by atoms with Crippen LogP contribution in [-0.4, -0.2) is 39.0 Å². The maximum absolute atomic E-state index is 12.5. The van der Waals surface area contributed by atoms with Crippen molar-refractivity contribution >= 4 is 75.4 Å². The van der Waals surface area contributed by atoms with Crippen LogP contribution in [-0.2, 0) is 4.74 Å². The molecule has 1 atom stereocenters. The predicted octanol–water partition coefficient (Wildman–Crippen LogP) is 3.79. The molecule has 0 spiro atoms. The van der Waals surface area contributed by atoms with E-state index in [1.165, 1.54) is 31.4 Å². The molecule has 0 heterocycles. The summed E-state index contributed by atoms with van der Waals surface area (Å²) in [6.07, 6.45) is -1.32. The molecule has 9 nitrogen and oxygen atoms in total. The second-order valence-electron chi connectivity index (χ2n) is 5.89. The number of para-hydroxylation sites is 1. The van der Waals surface area contributed by atoms with Crippen molar-refractivity contribution < 1.29 is 19.2 Å². The second-order valence-corrected chi connectivity index (χ2v) is 8.67. The fourth-order valence-corrected chi connectivity index (χ4v) is 2.90. The van der Waals surface area contributed by atoms with Crippen LogP contribution in [0.4, 0.5) is 11.4 Å². The van der Waals surface area contributed by atoms with Gasteiger partial charge in [0, 0.05) is 17.7 Å². The van der Waals surface area contributed by atoms with E-state index in [4.69, 9.17) is 51.8 Å². The Balaban J connectivity index is 2.17. The number of hydrogen-bond acceptors (Lipinski definition) is 6. The van der Waals surface area contributed by atoms with E-state index in [-0.39, 0.29) is 21.9 Å². The Morgan fingerprint density at radius 3 is 2.42 bits per heavy atom. The minimum absolute atomic E-state index is 0.0230. The van der Waals surface area contributed by atoms with Gasteiger partial charge >= 0.3 is 5.97 Å². The molecule has 13 heteroatoms. The summed E-state index contributed by atoms with van der Waals surface area (Å²) in [6.45, 7) is 0. The van der Waals surface area contributed by atoms with Crippen LogP contribution in [0, 0.1) is 10.1 Å². The number of alkyl halides is 3. The minimum atomic E-state index is -2.05. The van der Waals surface area contributed by atoms with E-state index in [2.05, 4.69) is 16.0 Å². The molecular formula is C18H15Cl3N4O5S. The molecule has 2 aromatic rings. The van der Waals surface area contributed by atoms with Gasteiger partial charge in [0.2, 0.25) is 3.79 Å².